The molecule has 0 unspecified atom stereocenters. The molecule has 0 radical (unpaired) electrons. The maximum Gasteiger partial charge on any atom is 0.261 e. The molecule has 0 spiro atoms. The van der Waals surface area contributed by atoms with E-state index in [0.29, 0.717) is 12.4 Å². The van der Waals surface area contributed by atoms with E-state index in [1.807, 2.05) is 6.92 Å². The van der Waals surface area contributed by atoms with Gasteiger partial charge in [-0.25, -0.2) is 8.42 Å². The Balaban J connectivity index is 1.98. The van der Waals surface area contributed by atoms with E-state index in [4.69, 9.17) is 14.2 Å². The number of sulfonamides is 1. The Morgan fingerprint density at radius 1 is 1.10 bits per heavy atom. The minimum absolute atomic E-state index is 0.00113. The number of benzene rings is 2. The van der Waals surface area contributed by atoms with Crippen LogP contribution in [0.5, 0.6) is 17.2 Å². The predicted octanol–water partition coefficient (Wildman–Crippen LogP) is 3.01. The number of carbonyl (C=O) groups is 1. The Bertz CT molecular complexity index is 1150. The lowest BCUT2D eigenvalue weighted by molar-refractivity contribution is 0.102. The number of hydrogen-bond acceptors (Lipinski definition) is 9. The van der Waals surface area contributed by atoms with Crippen molar-refractivity contribution in [2.75, 3.05) is 30.9 Å². The summed E-state index contributed by atoms with van der Waals surface area (Å²) in [5.41, 5.74) is 1.48. The zero-order valence-electron chi connectivity index (χ0n) is 16.9. The number of hydrogen-bond donors (Lipinski definition) is 2. The number of anilines is 2. The van der Waals surface area contributed by atoms with Crippen molar-refractivity contribution in [3.8, 4) is 17.2 Å². The summed E-state index contributed by atoms with van der Waals surface area (Å²) in [6.45, 7) is 2.29. The van der Waals surface area contributed by atoms with E-state index in [1.54, 1.807) is 12.1 Å². The first-order valence-corrected chi connectivity index (χ1v) is 11.3. The van der Waals surface area contributed by atoms with Gasteiger partial charge in [0, 0.05) is 6.07 Å². The van der Waals surface area contributed by atoms with Gasteiger partial charge in [0.15, 0.2) is 11.5 Å². The monoisotopic (exact) mass is 464 g/mol. The topological polar surface area (TPSA) is 129 Å². The third-order valence-electron chi connectivity index (χ3n) is 4.04. The molecule has 0 aliphatic carbocycles. The summed E-state index contributed by atoms with van der Waals surface area (Å²) >= 11 is 1.12. The summed E-state index contributed by atoms with van der Waals surface area (Å²) in [4.78, 5) is 12.8. The van der Waals surface area contributed by atoms with E-state index in [-0.39, 0.29) is 32.8 Å². The quantitative estimate of drug-likeness (QED) is 0.494. The van der Waals surface area contributed by atoms with Gasteiger partial charge in [0.1, 0.15) is 11.3 Å². The highest BCUT2D eigenvalue weighted by molar-refractivity contribution is 7.92. The lowest BCUT2D eigenvalue weighted by Gasteiger charge is -2.16. The summed E-state index contributed by atoms with van der Waals surface area (Å²) < 4.78 is 44.2. The van der Waals surface area contributed by atoms with Crippen molar-refractivity contribution in [2.45, 2.75) is 11.8 Å². The minimum atomic E-state index is -4.01. The molecule has 0 atom stereocenters. The van der Waals surface area contributed by atoms with Crippen molar-refractivity contribution in [1.82, 2.24) is 10.2 Å². The number of carbonyl (C=O) groups excluding carboxylic acids is 1. The van der Waals surface area contributed by atoms with E-state index in [1.165, 1.54) is 44.0 Å². The SMILES string of the molecule is CCOc1ccc(S(=O)(=O)Nc2cc(OC)c(OC)cc2C(=O)Nc2nncs2)cc1. The molecule has 0 saturated carbocycles. The molecule has 0 fully saturated rings. The normalized spacial score (nSPS) is 10.9. The van der Waals surface area contributed by atoms with Gasteiger partial charge >= 0.3 is 0 Å². The van der Waals surface area contributed by atoms with Crippen LogP contribution in [0.1, 0.15) is 17.3 Å². The summed E-state index contributed by atoms with van der Waals surface area (Å²) in [7, 11) is -1.20. The van der Waals surface area contributed by atoms with Crippen LogP contribution in [0, 0.1) is 0 Å². The molecule has 1 aromatic heterocycles. The van der Waals surface area contributed by atoms with Gasteiger partial charge in [-0.15, -0.1) is 10.2 Å². The largest absolute Gasteiger partial charge is 0.494 e. The highest BCUT2D eigenvalue weighted by atomic mass is 32.2. The molecule has 2 aromatic carbocycles. The third-order valence-corrected chi connectivity index (χ3v) is 6.03. The van der Waals surface area contributed by atoms with Crippen LogP contribution in [0.2, 0.25) is 0 Å². The van der Waals surface area contributed by atoms with Crippen LogP contribution in [0.25, 0.3) is 0 Å². The molecule has 31 heavy (non-hydrogen) atoms. The third kappa shape index (κ3) is 5.22. The molecule has 0 saturated heterocycles. The number of methoxy groups -OCH3 is 2. The number of aromatic nitrogens is 2. The summed E-state index contributed by atoms with van der Waals surface area (Å²) in [5, 5.41) is 10.3. The first-order chi connectivity index (χ1) is 14.9. The van der Waals surface area contributed by atoms with Gasteiger partial charge in [-0.1, -0.05) is 11.3 Å². The molecular weight excluding hydrogens is 444 g/mol. The van der Waals surface area contributed by atoms with Crippen molar-refractivity contribution in [3.63, 3.8) is 0 Å². The van der Waals surface area contributed by atoms with Crippen LogP contribution in [0.15, 0.2) is 46.8 Å². The fourth-order valence-electron chi connectivity index (χ4n) is 2.63. The fraction of sp³-hybridized carbons (Fsp3) is 0.211. The van der Waals surface area contributed by atoms with Crippen LogP contribution in [-0.2, 0) is 10.0 Å². The van der Waals surface area contributed by atoms with Crippen LogP contribution in [0.3, 0.4) is 0 Å². The Hall–Kier alpha value is -3.38. The highest BCUT2D eigenvalue weighted by Crippen LogP contribution is 2.35. The number of nitrogens with one attached hydrogen (secondary N) is 2. The maximum absolute atomic E-state index is 12.9. The molecule has 0 bridgehead atoms. The van der Waals surface area contributed by atoms with Gasteiger partial charge in [-0.3, -0.25) is 14.8 Å². The zero-order valence-corrected chi connectivity index (χ0v) is 18.5. The molecule has 3 rings (SSSR count). The molecule has 1 amide bonds. The Morgan fingerprint density at radius 2 is 1.77 bits per heavy atom. The first-order valence-electron chi connectivity index (χ1n) is 8.97. The molecule has 0 aliphatic rings. The van der Waals surface area contributed by atoms with Crippen molar-refractivity contribution in [2.24, 2.45) is 0 Å². The number of amides is 1. The second-order valence-electron chi connectivity index (χ2n) is 5.96. The van der Waals surface area contributed by atoms with Gasteiger partial charge in [-0.05, 0) is 37.3 Å². The van der Waals surface area contributed by atoms with Gasteiger partial charge in [0.2, 0.25) is 5.13 Å². The molecular formula is C19H20N4O6S2. The van der Waals surface area contributed by atoms with Crippen LogP contribution in [0.4, 0.5) is 10.8 Å². The smallest absolute Gasteiger partial charge is 0.261 e. The van der Waals surface area contributed by atoms with E-state index in [0.717, 1.165) is 11.3 Å². The van der Waals surface area contributed by atoms with E-state index < -0.39 is 15.9 Å². The molecule has 0 aliphatic heterocycles. The molecule has 12 heteroatoms. The summed E-state index contributed by atoms with van der Waals surface area (Å²) in [5.74, 6) is 0.458. The lowest BCUT2D eigenvalue weighted by Crippen LogP contribution is -2.19. The van der Waals surface area contributed by atoms with Crippen molar-refractivity contribution >= 4 is 38.1 Å². The first kappa shape index (κ1) is 22.3. The van der Waals surface area contributed by atoms with Gasteiger partial charge in [0.25, 0.3) is 15.9 Å². The average Bonchev–Trinajstić information content (AvgIpc) is 3.26. The Labute approximate surface area is 183 Å². The van der Waals surface area contributed by atoms with E-state index in [9.17, 15) is 13.2 Å². The Kier molecular flexibility index (Phi) is 6.92. The van der Waals surface area contributed by atoms with Crippen LogP contribution in [-0.4, -0.2) is 45.3 Å². The average molecular weight is 465 g/mol. The fourth-order valence-corrected chi connectivity index (χ4v) is 4.14. The lowest BCUT2D eigenvalue weighted by atomic mass is 10.1. The van der Waals surface area contributed by atoms with Crippen molar-refractivity contribution < 1.29 is 27.4 Å². The zero-order chi connectivity index (χ0) is 22.4. The highest BCUT2D eigenvalue weighted by Gasteiger charge is 2.23. The Morgan fingerprint density at radius 3 is 2.35 bits per heavy atom. The van der Waals surface area contributed by atoms with Gasteiger partial charge < -0.3 is 14.2 Å². The van der Waals surface area contributed by atoms with Crippen LogP contribution >= 0.6 is 11.3 Å². The number of ether oxygens (including phenoxy) is 3. The molecule has 2 N–H and O–H groups in total. The molecule has 164 valence electrons. The number of nitrogens with zero attached hydrogens (tertiary/aromatic N) is 2. The van der Waals surface area contributed by atoms with Gasteiger partial charge in [0.05, 0.1) is 37.0 Å². The maximum atomic E-state index is 12.9. The summed E-state index contributed by atoms with van der Waals surface area (Å²) in [6, 6.07) is 8.68. The standard InChI is InChI=1S/C19H20N4O6S2/c1-4-29-12-5-7-13(8-6-12)31(25,26)23-15-10-17(28-3)16(27-2)9-14(15)18(24)21-19-22-20-11-30-19/h5-11,23H,4H2,1-3H3,(H,21,22,24). The second-order valence-corrected chi connectivity index (χ2v) is 8.48. The number of rotatable bonds is 9. The van der Waals surface area contributed by atoms with E-state index in [2.05, 4.69) is 20.2 Å². The molecule has 3 aromatic rings. The predicted molar refractivity (Wildman–Crippen MR) is 116 cm³/mol. The molecule has 10 nitrogen and oxygen atoms in total. The van der Waals surface area contributed by atoms with E-state index >= 15 is 0 Å². The van der Waals surface area contributed by atoms with Crippen LogP contribution < -0.4 is 24.2 Å². The van der Waals surface area contributed by atoms with Crippen molar-refractivity contribution in [3.05, 3.63) is 47.5 Å². The van der Waals surface area contributed by atoms with Gasteiger partial charge in [-0.2, -0.15) is 0 Å². The minimum Gasteiger partial charge on any atom is -0.494 e. The second kappa shape index (κ2) is 9.62. The van der Waals surface area contributed by atoms with Crippen molar-refractivity contribution in [1.29, 1.82) is 0 Å². The molecule has 1 heterocycles. The summed E-state index contributed by atoms with van der Waals surface area (Å²) in [6.07, 6.45) is 0.